The van der Waals surface area contributed by atoms with Crippen LogP contribution in [0.3, 0.4) is 0 Å². The number of nitrogens with two attached hydrogens (primary N) is 1. The van der Waals surface area contributed by atoms with E-state index in [-0.39, 0.29) is 17.0 Å². The van der Waals surface area contributed by atoms with Gasteiger partial charge in [0.15, 0.2) is 5.17 Å². The summed E-state index contributed by atoms with van der Waals surface area (Å²) < 4.78 is -0.399. The van der Waals surface area contributed by atoms with Crippen LogP contribution in [0.25, 0.3) is 0 Å². The van der Waals surface area contributed by atoms with Crippen LogP contribution in [-0.4, -0.2) is 15.0 Å². The number of nitrogens with zero attached hydrogens (tertiary/aromatic N) is 1. The molecule has 2 aliphatic rings. The molecule has 0 amide bonds. The molecule has 0 aromatic heterocycles. The molecule has 6 heteroatoms. The van der Waals surface area contributed by atoms with Crippen LogP contribution in [0, 0.1) is 0 Å². The molecule has 3 rings (SSSR count). The van der Waals surface area contributed by atoms with Crippen molar-refractivity contribution in [2.75, 3.05) is 0 Å². The summed E-state index contributed by atoms with van der Waals surface area (Å²) in [5.41, 5.74) is 6.40. The zero-order valence-corrected chi connectivity index (χ0v) is 12.4. The van der Waals surface area contributed by atoms with Gasteiger partial charge in [0.25, 0.3) is 0 Å². The van der Waals surface area contributed by atoms with E-state index < -0.39 is 10.5 Å². The molecule has 17 heavy (non-hydrogen) atoms. The van der Waals surface area contributed by atoms with Gasteiger partial charge in [0.1, 0.15) is 0 Å². The molecule has 1 aliphatic carbocycles. The predicted molar refractivity (Wildman–Crippen MR) is 77.0 cm³/mol. The van der Waals surface area contributed by atoms with Crippen molar-refractivity contribution in [3.05, 3.63) is 34.3 Å². The van der Waals surface area contributed by atoms with Gasteiger partial charge in [-0.2, -0.15) is 0 Å². The van der Waals surface area contributed by atoms with Gasteiger partial charge in [-0.3, -0.25) is 0 Å². The lowest BCUT2D eigenvalue weighted by Gasteiger charge is -2.29. The highest BCUT2D eigenvalue weighted by Crippen LogP contribution is 2.56. The maximum Gasteiger partial charge on any atom is 0.200 e. The second kappa shape index (κ2) is 3.88. The van der Waals surface area contributed by atoms with Crippen molar-refractivity contribution in [1.82, 2.24) is 0 Å². The van der Waals surface area contributed by atoms with Crippen molar-refractivity contribution >= 4 is 45.5 Å². The second-order valence-corrected chi connectivity index (χ2v) is 6.39. The van der Waals surface area contributed by atoms with Gasteiger partial charge < -0.3 is 10.8 Å². The number of benzene rings is 1. The summed E-state index contributed by atoms with van der Waals surface area (Å²) in [6, 6.07) is 5.51. The Hall–Kier alpha value is -0.230. The molecule has 3 N–H and O–H groups in total. The molecular formula is C11H12BrClN2OS. The summed E-state index contributed by atoms with van der Waals surface area (Å²) in [4.78, 5) is 4.20. The average Bonchev–Trinajstić information content (AvgIpc) is 2.47. The van der Waals surface area contributed by atoms with E-state index in [2.05, 4.69) is 4.99 Å². The van der Waals surface area contributed by atoms with E-state index in [1.54, 1.807) is 6.07 Å². The van der Waals surface area contributed by atoms with E-state index >= 15 is 0 Å². The Morgan fingerprint density at radius 3 is 2.94 bits per heavy atom. The molecule has 1 aliphatic heterocycles. The minimum atomic E-state index is -1.19. The predicted octanol–water partition coefficient (Wildman–Crippen LogP) is 2.44. The van der Waals surface area contributed by atoms with Crippen LogP contribution in [0.2, 0.25) is 5.02 Å². The van der Waals surface area contributed by atoms with Crippen LogP contribution < -0.4 is 5.73 Å². The summed E-state index contributed by atoms with van der Waals surface area (Å²) in [5, 5.41) is 11.8. The van der Waals surface area contributed by atoms with Crippen molar-refractivity contribution < 1.29 is 5.11 Å². The Kier molecular flexibility index (Phi) is 3.02. The highest BCUT2D eigenvalue weighted by molar-refractivity contribution is 8.93. The van der Waals surface area contributed by atoms with Crippen molar-refractivity contribution in [3.63, 3.8) is 0 Å². The summed E-state index contributed by atoms with van der Waals surface area (Å²) in [6.45, 7) is 1.98. The van der Waals surface area contributed by atoms with Gasteiger partial charge >= 0.3 is 0 Å². The minimum Gasteiger partial charge on any atom is -0.378 e. The molecule has 1 aromatic rings. The van der Waals surface area contributed by atoms with Crippen LogP contribution in [0.4, 0.5) is 0 Å². The number of thioether (sulfide) groups is 1. The molecule has 2 atom stereocenters. The van der Waals surface area contributed by atoms with E-state index in [0.29, 0.717) is 10.2 Å². The zero-order valence-electron chi connectivity index (χ0n) is 9.11. The van der Waals surface area contributed by atoms with Gasteiger partial charge in [-0.15, -0.1) is 17.0 Å². The van der Waals surface area contributed by atoms with Crippen LogP contribution in [0.15, 0.2) is 23.2 Å². The SMILES string of the molecule is Br.CC12Cc3cc(Cl)ccc3C1(O)N=C(N)S2. The largest absolute Gasteiger partial charge is 0.378 e. The van der Waals surface area contributed by atoms with Gasteiger partial charge in [0.2, 0.25) is 5.72 Å². The molecule has 0 fully saturated rings. The average molecular weight is 336 g/mol. The van der Waals surface area contributed by atoms with E-state index in [1.165, 1.54) is 11.8 Å². The van der Waals surface area contributed by atoms with Crippen LogP contribution in [0.1, 0.15) is 18.1 Å². The molecule has 1 heterocycles. The summed E-state index contributed by atoms with van der Waals surface area (Å²) in [7, 11) is 0. The highest BCUT2D eigenvalue weighted by Gasteiger charge is 2.59. The number of halogens is 2. The maximum absolute atomic E-state index is 10.7. The van der Waals surface area contributed by atoms with Crippen molar-refractivity contribution in [2.24, 2.45) is 10.7 Å². The molecule has 3 nitrogen and oxygen atoms in total. The normalized spacial score (nSPS) is 33.7. The Morgan fingerprint density at radius 2 is 2.24 bits per heavy atom. The molecule has 0 saturated heterocycles. The Bertz CT molecular complexity index is 524. The van der Waals surface area contributed by atoms with Crippen molar-refractivity contribution in [2.45, 2.75) is 23.8 Å². The number of hydrogen-bond donors (Lipinski definition) is 2. The molecule has 92 valence electrons. The van der Waals surface area contributed by atoms with Crippen molar-refractivity contribution in [1.29, 1.82) is 0 Å². The van der Waals surface area contributed by atoms with Gasteiger partial charge in [-0.25, -0.2) is 4.99 Å². The third-order valence-electron chi connectivity index (χ3n) is 3.31. The first-order valence-corrected chi connectivity index (χ1v) is 6.20. The Morgan fingerprint density at radius 1 is 1.53 bits per heavy atom. The molecule has 1 aromatic carbocycles. The summed E-state index contributed by atoms with van der Waals surface area (Å²) >= 11 is 7.38. The van der Waals surface area contributed by atoms with Gasteiger partial charge in [-0.05, 0) is 31.0 Å². The first-order valence-electron chi connectivity index (χ1n) is 5.00. The maximum atomic E-state index is 10.7. The fraction of sp³-hybridized carbons (Fsp3) is 0.364. The van der Waals surface area contributed by atoms with E-state index in [0.717, 1.165) is 17.5 Å². The number of aliphatic hydroxyl groups is 1. The smallest absolute Gasteiger partial charge is 0.200 e. The quantitative estimate of drug-likeness (QED) is 0.765. The highest BCUT2D eigenvalue weighted by atomic mass is 79.9. The van der Waals surface area contributed by atoms with E-state index in [1.807, 2.05) is 19.1 Å². The van der Waals surface area contributed by atoms with Gasteiger partial charge in [0, 0.05) is 10.6 Å². The van der Waals surface area contributed by atoms with Crippen LogP contribution >= 0.6 is 40.3 Å². The van der Waals surface area contributed by atoms with Crippen molar-refractivity contribution in [3.8, 4) is 0 Å². The van der Waals surface area contributed by atoms with Gasteiger partial charge in [-0.1, -0.05) is 29.4 Å². The lowest BCUT2D eigenvalue weighted by molar-refractivity contribution is 0.0256. The third-order valence-corrected chi connectivity index (χ3v) is 4.72. The van der Waals surface area contributed by atoms with E-state index in [9.17, 15) is 5.11 Å². The zero-order chi connectivity index (χ0) is 11.6. The number of rotatable bonds is 0. The van der Waals surface area contributed by atoms with Crippen LogP contribution in [-0.2, 0) is 12.1 Å². The third kappa shape index (κ3) is 1.63. The molecule has 2 unspecified atom stereocenters. The van der Waals surface area contributed by atoms with Crippen LogP contribution in [0.5, 0.6) is 0 Å². The fourth-order valence-corrected chi connectivity index (χ4v) is 3.88. The number of amidine groups is 1. The molecule has 0 radical (unpaired) electrons. The Balaban J connectivity index is 0.00000108. The lowest BCUT2D eigenvalue weighted by Crippen LogP contribution is -2.39. The summed E-state index contributed by atoms with van der Waals surface area (Å²) in [6.07, 6.45) is 0.730. The topological polar surface area (TPSA) is 58.6 Å². The minimum absolute atomic E-state index is 0. The number of hydrogen-bond acceptors (Lipinski definition) is 4. The Labute approximate surface area is 119 Å². The number of fused-ring (bicyclic) bond motifs is 3. The fourth-order valence-electron chi connectivity index (χ4n) is 2.52. The number of aliphatic imine (C=N–C) groups is 1. The standard InChI is InChI=1S/C11H11ClN2OS.BrH/c1-10-5-6-4-7(12)2-3-8(6)11(10,15)14-9(13)16-10;/h2-4,15H,5H2,1H3,(H2,13,14);1H. The second-order valence-electron chi connectivity index (χ2n) is 4.43. The van der Waals surface area contributed by atoms with Gasteiger partial charge in [0.05, 0.1) is 4.75 Å². The van der Waals surface area contributed by atoms with E-state index in [4.69, 9.17) is 17.3 Å². The molecule has 0 bridgehead atoms. The molecule has 0 saturated carbocycles. The lowest BCUT2D eigenvalue weighted by atomic mass is 9.98. The molecular weight excluding hydrogens is 324 g/mol. The summed E-state index contributed by atoms with van der Waals surface area (Å²) in [5.74, 6) is 0. The first kappa shape index (κ1) is 13.2. The molecule has 0 spiro atoms. The first-order chi connectivity index (χ1) is 7.45. The monoisotopic (exact) mass is 334 g/mol.